The first-order chi connectivity index (χ1) is 14.0. The number of phenols is 1. The number of fused-ring (bicyclic) bond motifs is 1. The highest BCUT2D eigenvalue weighted by molar-refractivity contribution is 6.11. The minimum Gasteiger partial charge on any atom is -0.506 e. The number of halogens is 2. The molecule has 0 aliphatic rings. The average molecular weight is 403 g/mol. The number of H-pyrrole nitrogens is 1. The number of amides is 1. The fraction of sp³-hybridized carbons (Fsp3) is 0.211. The van der Waals surface area contributed by atoms with Gasteiger partial charge in [0.05, 0.1) is 18.5 Å². The number of anilines is 1. The Hall–Kier alpha value is -3.53. The van der Waals surface area contributed by atoms with E-state index in [0.29, 0.717) is 13.2 Å². The number of aromatic hydroxyl groups is 1. The maximum atomic E-state index is 14.2. The number of hydrogen-bond donors (Lipinski definition) is 4. The van der Waals surface area contributed by atoms with Crippen molar-refractivity contribution in [3.8, 4) is 5.75 Å². The number of carbonyl (C=O) groups is 1. The van der Waals surface area contributed by atoms with Gasteiger partial charge in [0, 0.05) is 12.2 Å². The number of nitrogens with one attached hydrogen (secondary N) is 3. The summed E-state index contributed by atoms with van der Waals surface area (Å²) in [5.74, 6) is -2.00. The highest BCUT2D eigenvalue weighted by Gasteiger charge is 2.17. The zero-order valence-corrected chi connectivity index (χ0v) is 15.5. The van der Waals surface area contributed by atoms with Gasteiger partial charge in [0.2, 0.25) is 5.96 Å². The number of aromatic nitrogens is 2. The molecule has 0 spiro atoms. The topological polar surface area (TPSA) is 112 Å². The third-order valence-electron chi connectivity index (χ3n) is 3.91. The molecule has 0 unspecified atom stereocenters. The van der Waals surface area contributed by atoms with Gasteiger partial charge in [-0.2, -0.15) is 5.10 Å². The van der Waals surface area contributed by atoms with Crippen molar-refractivity contribution in [3.05, 3.63) is 53.6 Å². The second-order valence-electron chi connectivity index (χ2n) is 5.91. The van der Waals surface area contributed by atoms with Gasteiger partial charge in [-0.25, -0.2) is 8.78 Å². The summed E-state index contributed by atoms with van der Waals surface area (Å²) in [6.07, 6.45) is 0. The number of aliphatic imine (C=N–C) groups is 1. The van der Waals surface area contributed by atoms with Crippen LogP contribution >= 0.6 is 0 Å². The predicted molar refractivity (Wildman–Crippen MR) is 104 cm³/mol. The summed E-state index contributed by atoms with van der Waals surface area (Å²) in [5.41, 5.74) is 0.178. The largest absolute Gasteiger partial charge is 0.506 e. The number of guanidine groups is 1. The number of ether oxygens (including phenoxy) is 1. The Balaban J connectivity index is 1.86. The van der Waals surface area contributed by atoms with Crippen molar-refractivity contribution in [2.75, 3.05) is 25.1 Å². The fourth-order valence-corrected chi connectivity index (χ4v) is 2.57. The molecule has 10 heteroatoms. The molecule has 3 aromatic rings. The van der Waals surface area contributed by atoms with Crippen LogP contribution in [0.4, 0.5) is 14.6 Å². The lowest BCUT2D eigenvalue weighted by atomic mass is 10.2. The highest BCUT2D eigenvalue weighted by Crippen LogP contribution is 2.30. The summed E-state index contributed by atoms with van der Waals surface area (Å²) < 4.78 is 32.8. The van der Waals surface area contributed by atoms with E-state index < -0.39 is 17.5 Å². The average Bonchev–Trinajstić information content (AvgIpc) is 3.13. The van der Waals surface area contributed by atoms with Crippen LogP contribution in [0.1, 0.15) is 17.3 Å². The lowest BCUT2D eigenvalue weighted by Gasteiger charge is -2.11. The van der Waals surface area contributed by atoms with E-state index in [1.807, 2.05) is 6.92 Å². The summed E-state index contributed by atoms with van der Waals surface area (Å²) in [5, 5.41) is 21.6. The van der Waals surface area contributed by atoms with E-state index in [1.54, 1.807) is 0 Å². The summed E-state index contributed by atoms with van der Waals surface area (Å²) in [4.78, 5) is 16.6. The maximum absolute atomic E-state index is 14.2. The third kappa shape index (κ3) is 4.85. The van der Waals surface area contributed by atoms with Gasteiger partial charge in [-0.15, -0.1) is 0 Å². The van der Waals surface area contributed by atoms with Gasteiger partial charge in [-0.1, -0.05) is 6.07 Å². The van der Waals surface area contributed by atoms with Crippen molar-refractivity contribution in [2.24, 2.45) is 4.99 Å². The first-order valence-corrected chi connectivity index (χ1v) is 8.81. The van der Waals surface area contributed by atoms with Crippen LogP contribution in [0.15, 0.2) is 41.4 Å². The van der Waals surface area contributed by atoms with E-state index in [4.69, 9.17) is 4.74 Å². The smallest absolute Gasteiger partial charge is 0.258 e. The Morgan fingerprint density at radius 1 is 1.31 bits per heavy atom. The van der Waals surface area contributed by atoms with E-state index in [-0.39, 0.29) is 40.5 Å². The molecular weight excluding hydrogens is 384 g/mol. The van der Waals surface area contributed by atoms with Crippen LogP contribution in [-0.2, 0) is 4.74 Å². The standard InChI is InChI=1S/C19H19F2N5O3/c1-2-29-9-8-22-19(24-18(28)11-4-3-5-12(20)10-11)23-17-15-13(21)6-7-14(27)16(15)25-26-17/h3-7,10,27H,2,8-9H2,1H3,(H3,22,23,24,25,26,28). The monoisotopic (exact) mass is 403 g/mol. The van der Waals surface area contributed by atoms with Crippen molar-refractivity contribution in [1.29, 1.82) is 0 Å². The zero-order valence-electron chi connectivity index (χ0n) is 15.5. The Labute approximate surface area is 164 Å². The molecule has 0 radical (unpaired) electrons. The van der Waals surface area contributed by atoms with E-state index in [0.717, 1.165) is 12.1 Å². The number of hydrogen-bond acceptors (Lipinski definition) is 5. The quantitative estimate of drug-likeness (QED) is 0.287. The van der Waals surface area contributed by atoms with Crippen molar-refractivity contribution < 1.29 is 23.4 Å². The molecule has 152 valence electrons. The van der Waals surface area contributed by atoms with Crippen LogP contribution in [-0.4, -0.2) is 46.9 Å². The van der Waals surface area contributed by atoms with Crippen molar-refractivity contribution >= 4 is 28.6 Å². The Bertz CT molecular complexity index is 1050. The fourth-order valence-electron chi connectivity index (χ4n) is 2.57. The normalized spacial score (nSPS) is 11.6. The second kappa shape index (κ2) is 9.11. The molecule has 29 heavy (non-hydrogen) atoms. The minimum atomic E-state index is -0.626. The van der Waals surface area contributed by atoms with Crippen LogP contribution in [0.2, 0.25) is 0 Å². The van der Waals surface area contributed by atoms with Gasteiger partial charge >= 0.3 is 0 Å². The minimum absolute atomic E-state index is 0.00233. The number of nitrogens with zero attached hydrogens (tertiary/aromatic N) is 2. The van der Waals surface area contributed by atoms with Gasteiger partial charge < -0.3 is 15.2 Å². The maximum Gasteiger partial charge on any atom is 0.258 e. The predicted octanol–water partition coefficient (Wildman–Crippen LogP) is 2.78. The number of rotatable bonds is 6. The lowest BCUT2D eigenvalue weighted by molar-refractivity contribution is 0.0976. The zero-order chi connectivity index (χ0) is 20.8. The van der Waals surface area contributed by atoms with Gasteiger partial charge in [0.15, 0.2) is 5.82 Å². The molecule has 1 amide bonds. The molecule has 1 heterocycles. The highest BCUT2D eigenvalue weighted by atomic mass is 19.1. The van der Waals surface area contributed by atoms with Crippen molar-refractivity contribution in [2.45, 2.75) is 6.92 Å². The summed E-state index contributed by atoms with van der Waals surface area (Å²) in [6, 6.07) is 7.44. The van der Waals surface area contributed by atoms with Crippen LogP contribution in [0.5, 0.6) is 5.75 Å². The van der Waals surface area contributed by atoms with Gasteiger partial charge in [-0.05, 0) is 37.3 Å². The van der Waals surface area contributed by atoms with Gasteiger partial charge in [0.1, 0.15) is 22.9 Å². The molecule has 0 aliphatic heterocycles. The number of carbonyl (C=O) groups excluding carboxylic acids is 1. The van der Waals surface area contributed by atoms with Crippen LogP contribution in [0.3, 0.4) is 0 Å². The van der Waals surface area contributed by atoms with E-state index in [9.17, 15) is 18.7 Å². The molecular formula is C19H19F2N5O3. The Morgan fingerprint density at radius 3 is 2.90 bits per heavy atom. The van der Waals surface area contributed by atoms with E-state index in [2.05, 4.69) is 25.8 Å². The molecule has 1 aromatic heterocycles. The third-order valence-corrected chi connectivity index (χ3v) is 3.91. The molecule has 8 nitrogen and oxygen atoms in total. The number of aromatic amines is 1. The first-order valence-electron chi connectivity index (χ1n) is 8.81. The van der Waals surface area contributed by atoms with Crippen molar-refractivity contribution in [1.82, 2.24) is 15.5 Å². The van der Waals surface area contributed by atoms with Gasteiger partial charge in [0.25, 0.3) is 5.91 Å². The lowest BCUT2D eigenvalue weighted by Crippen LogP contribution is -2.36. The van der Waals surface area contributed by atoms with E-state index >= 15 is 0 Å². The molecule has 0 aliphatic carbocycles. The molecule has 4 N–H and O–H groups in total. The molecule has 0 saturated carbocycles. The van der Waals surface area contributed by atoms with Crippen LogP contribution in [0.25, 0.3) is 10.9 Å². The Morgan fingerprint density at radius 2 is 2.14 bits per heavy atom. The Kier molecular flexibility index (Phi) is 6.35. The molecule has 0 saturated heterocycles. The summed E-state index contributed by atoms with van der Waals surface area (Å²) in [7, 11) is 0. The number of benzene rings is 2. The molecule has 2 aromatic carbocycles. The van der Waals surface area contributed by atoms with Gasteiger partial charge in [-0.3, -0.25) is 20.2 Å². The van der Waals surface area contributed by atoms with E-state index in [1.165, 1.54) is 24.3 Å². The molecule has 0 atom stereocenters. The number of phenolic OH excluding ortho intramolecular Hbond substituents is 1. The van der Waals surface area contributed by atoms with Crippen LogP contribution < -0.4 is 10.6 Å². The molecule has 0 bridgehead atoms. The summed E-state index contributed by atoms with van der Waals surface area (Å²) >= 11 is 0. The molecule has 3 rings (SSSR count). The summed E-state index contributed by atoms with van der Waals surface area (Å²) in [6.45, 7) is 2.84. The molecule has 0 fully saturated rings. The SMILES string of the molecule is CCOCCN=C(NC(=O)c1cccc(F)c1)Nc1n[nH]c2c(O)ccc(F)c12. The second-order valence-corrected chi connectivity index (χ2v) is 5.91. The first kappa shape index (κ1) is 20.2. The van der Waals surface area contributed by atoms with Crippen molar-refractivity contribution in [3.63, 3.8) is 0 Å². The van der Waals surface area contributed by atoms with Crippen LogP contribution in [0, 0.1) is 11.6 Å².